The van der Waals surface area contributed by atoms with Crippen molar-refractivity contribution in [3.63, 3.8) is 0 Å². The van der Waals surface area contributed by atoms with Gasteiger partial charge in [-0.3, -0.25) is 14.9 Å². The maximum Gasteiger partial charge on any atom is 0.270 e. The number of non-ortho nitro benzene ring substituents is 1. The molecule has 1 amide bonds. The van der Waals surface area contributed by atoms with E-state index in [2.05, 4.69) is 10.5 Å². The monoisotopic (exact) mass is 347 g/mol. The topological polar surface area (TPSA) is 84.6 Å². The van der Waals surface area contributed by atoms with Crippen LogP contribution in [0.5, 0.6) is 0 Å². The van der Waals surface area contributed by atoms with Crippen molar-refractivity contribution in [2.24, 2.45) is 5.10 Å². The van der Waals surface area contributed by atoms with Crippen molar-refractivity contribution in [1.29, 1.82) is 0 Å². The highest BCUT2D eigenvalue weighted by atomic mass is 16.6. The third-order valence-corrected chi connectivity index (χ3v) is 4.10. The van der Waals surface area contributed by atoms with E-state index in [0.717, 1.165) is 21.9 Å². The summed E-state index contributed by atoms with van der Waals surface area (Å²) in [5, 5.41) is 16.9. The van der Waals surface area contributed by atoms with Crippen LogP contribution in [0.4, 0.5) is 5.69 Å². The van der Waals surface area contributed by atoms with E-state index in [0.29, 0.717) is 5.56 Å². The minimum Gasteiger partial charge on any atom is -0.273 e. The second-order valence-corrected chi connectivity index (χ2v) is 5.91. The van der Waals surface area contributed by atoms with E-state index in [9.17, 15) is 14.9 Å². The van der Waals surface area contributed by atoms with Gasteiger partial charge < -0.3 is 0 Å². The fourth-order valence-electron chi connectivity index (χ4n) is 2.71. The van der Waals surface area contributed by atoms with Crippen molar-refractivity contribution in [2.45, 2.75) is 13.3 Å². The number of hydrogen-bond donors (Lipinski definition) is 1. The Kier molecular flexibility index (Phi) is 5.03. The predicted molar refractivity (Wildman–Crippen MR) is 101 cm³/mol. The van der Waals surface area contributed by atoms with E-state index in [-0.39, 0.29) is 18.0 Å². The molecule has 6 nitrogen and oxygen atoms in total. The van der Waals surface area contributed by atoms with E-state index in [1.54, 1.807) is 6.07 Å². The Balaban J connectivity index is 1.70. The molecule has 3 rings (SSSR count). The SMILES string of the molecule is Cc1ccc([N+](=O)[O-])cc1C=NNC(=O)Cc1cccc2ccccc12. The second-order valence-electron chi connectivity index (χ2n) is 5.91. The standard InChI is InChI=1S/C20H17N3O3/c1-14-9-10-18(23(25)26)11-17(14)13-21-22-20(24)12-16-7-4-6-15-5-2-3-8-19(15)16/h2-11,13H,12H2,1H3,(H,22,24). The summed E-state index contributed by atoms with van der Waals surface area (Å²) >= 11 is 0. The Bertz CT molecular complexity index is 1010. The fraction of sp³-hybridized carbons (Fsp3) is 0.100. The van der Waals surface area contributed by atoms with Gasteiger partial charge in [0.25, 0.3) is 5.69 Å². The zero-order chi connectivity index (χ0) is 18.5. The van der Waals surface area contributed by atoms with Gasteiger partial charge in [-0.25, -0.2) is 5.43 Å². The third kappa shape index (κ3) is 3.92. The van der Waals surface area contributed by atoms with Gasteiger partial charge >= 0.3 is 0 Å². The molecule has 0 radical (unpaired) electrons. The Morgan fingerprint density at radius 1 is 1.15 bits per heavy atom. The van der Waals surface area contributed by atoms with Gasteiger partial charge in [0.2, 0.25) is 5.91 Å². The van der Waals surface area contributed by atoms with Crippen molar-refractivity contribution in [3.05, 3.63) is 87.5 Å². The number of benzene rings is 3. The summed E-state index contributed by atoms with van der Waals surface area (Å²) in [5.74, 6) is -0.249. The normalized spacial score (nSPS) is 11.0. The Morgan fingerprint density at radius 3 is 2.73 bits per heavy atom. The van der Waals surface area contributed by atoms with Crippen molar-refractivity contribution in [1.82, 2.24) is 5.43 Å². The molecule has 3 aromatic carbocycles. The number of carbonyl (C=O) groups is 1. The molecular formula is C20H17N3O3. The Labute approximate surface area is 150 Å². The molecule has 26 heavy (non-hydrogen) atoms. The van der Waals surface area contributed by atoms with Crippen LogP contribution in [0.15, 0.2) is 65.8 Å². The Morgan fingerprint density at radius 2 is 1.92 bits per heavy atom. The first-order valence-corrected chi connectivity index (χ1v) is 8.08. The smallest absolute Gasteiger partial charge is 0.270 e. The van der Waals surface area contributed by atoms with Crippen molar-refractivity contribution >= 4 is 28.6 Å². The minimum absolute atomic E-state index is 0.0147. The molecule has 0 unspecified atom stereocenters. The molecule has 0 bridgehead atoms. The number of nitrogens with zero attached hydrogens (tertiary/aromatic N) is 2. The number of nitro benzene ring substituents is 1. The van der Waals surface area contributed by atoms with Gasteiger partial charge in [-0.15, -0.1) is 0 Å². The lowest BCUT2D eigenvalue weighted by Crippen LogP contribution is -2.20. The zero-order valence-electron chi connectivity index (χ0n) is 14.2. The molecule has 0 fully saturated rings. The average Bonchev–Trinajstić information content (AvgIpc) is 2.63. The summed E-state index contributed by atoms with van der Waals surface area (Å²) in [5.41, 5.74) is 4.81. The number of hydrazone groups is 1. The van der Waals surface area contributed by atoms with Crippen LogP contribution >= 0.6 is 0 Å². The molecule has 6 heteroatoms. The number of carbonyl (C=O) groups excluding carboxylic acids is 1. The summed E-state index contributed by atoms with van der Waals surface area (Å²) < 4.78 is 0. The fourth-order valence-corrected chi connectivity index (χ4v) is 2.71. The maximum absolute atomic E-state index is 12.2. The first-order valence-electron chi connectivity index (χ1n) is 8.08. The van der Waals surface area contributed by atoms with E-state index in [4.69, 9.17) is 0 Å². The van der Waals surface area contributed by atoms with E-state index < -0.39 is 4.92 Å². The molecule has 3 aromatic rings. The molecule has 0 aliphatic carbocycles. The predicted octanol–water partition coefficient (Wildman–Crippen LogP) is 3.75. The summed E-state index contributed by atoms with van der Waals surface area (Å²) in [6, 6.07) is 18.2. The summed E-state index contributed by atoms with van der Waals surface area (Å²) in [6.45, 7) is 1.82. The van der Waals surface area contributed by atoms with Crippen molar-refractivity contribution in [3.8, 4) is 0 Å². The number of hydrogen-bond acceptors (Lipinski definition) is 4. The molecule has 0 spiro atoms. The first-order chi connectivity index (χ1) is 12.5. The van der Waals surface area contributed by atoms with Crippen LogP contribution in [0.2, 0.25) is 0 Å². The molecule has 0 atom stereocenters. The molecule has 0 aliphatic rings. The third-order valence-electron chi connectivity index (χ3n) is 4.10. The highest BCUT2D eigenvalue weighted by Crippen LogP contribution is 2.19. The number of nitro groups is 1. The lowest BCUT2D eigenvalue weighted by Gasteiger charge is -2.05. The number of nitrogens with one attached hydrogen (secondary N) is 1. The molecule has 0 aliphatic heterocycles. The van der Waals surface area contributed by atoms with Gasteiger partial charge in [0.1, 0.15) is 0 Å². The summed E-state index contributed by atoms with van der Waals surface area (Å²) in [4.78, 5) is 22.6. The number of amides is 1. The summed E-state index contributed by atoms with van der Waals surface area (Å²) in [7, 11) is 0. The van der Waals surface area contributed by atoms with Crippen molar-refractivity contribution in [2.75, 3.05) is 0 Å². The van der Waals surface area contributed by atoms with Gasteiger partial charge in [0, 0.05) is 17.7 Å². The van der Waals surface area contributed by atoms with Crippen LogP contribution in [-0.2, 0) is 11.2 Å². The van der Waals surface area contributed by atoms with Crippen LogP contribution in [0, 0.1) is 17.0 Å². The van der Waals surface area contributed by atoms with Crippen molar-refractivity contribution < 1.29 is 9.72 Å². The molecule has 0 heterocycles. The largest absolute Gasteiger partial charge is 0.273 e. The van der Waals surface area contributed by atoms with Crippen LogP contribution in [0.25, 0.3) is 10.8 Å². The summed E-state index contributed by atoms with van der Waals surface area (Å²) in [6.07, 6.45) is 1.62. The number of aryl methyl sites for hydroxylation is 1. The number of rotatable bonds is 5. The molecule has 0 saturated carbocycles. The molecule has 130 valence electrons. The maximum atomic E-state index is 12.2. The first kappa shape index (κ1) is 17.3. The van der Waals surface area contributed by atoms with E-state index in [1.807, 2.05) is 49.4 Å². The van der Waals surface area contributed by atoms with Crippen LogP contribution in [-0.4, -0.2) is 17.0 Å². The Hall–Kier alpha value is -3.54. The van der Waals surface area contributed by atoms with Gasteiger partial charge in [-0.05, 0) is 28.8 Å². The van der Waals surface area contributed by atoms with Crippen LogP contribution in [0.1, 0.15) is 16.7 Å². The molecule has 1 N–H and O–H groups in total. The number of fused-ring (bicyclic) bond motifs is 1. The zero-order valence-corrected chi connectivity index (χ0v) is 14.2. The van der Waals surface area contributed by atoms with E-state index in [1.165, 1.54) is 18.3 Å². The lowest BCUT2D eigenvalue weighted by atomic mass is 10.0. The van der Waals surface area contributed by atoms with Gasteiger partial charge in [0.05, 0.1) is 17.6 Å². The van der Waals surface area contributed by atoms with Crippen LogP contribution in [0.3, 0.4) is 0 Å². The minimum atomic E-state index is -0.462. The van der Waals surface area contributed by atoms with Gasteiger partial charge in [-0.2, -0.15) is 5.10 Å². The highest BCUT2D eigenvalue weighted by molar-refractivity contribution is 5.90. The lowest BCUT2D eigenvalue weighted by molar-refractivity contribution is -0.384. The molecule has 0 aromatic heterocycles. The second kappa shape index (κ2) is 7.57. The van der Waals surface area contributed by atoms with Gasteiger partial charge in [-0.1, -0.05) is 48.5 Å². The van der Waals surface area contributed by atoms with Gasteiger partial charge in [0.15, 0.2) is 0 Å². The van der Waals surface area contributed by atoms with E-state index >= 15 is 0 Å². The van der Waals surface area contributed by atoms with Crippen LogP contribution < -0.4 is 5.43 Å². The molecular weight excluding hydrogens is 330 g/mol. The molecule has 0 saturated heterocycles. The highest BCUT2D eigenvalue weighted by Gasteiger charge is 2.08. The average molecular weight is 347 g/mol. The quantitative estimate of drug-likeness (QED) is 0.433.